The SMILES string of the molecule is OCCNc1nc(Cl)nc2c1CCCC2. The number of halogens is 1. The minimum absolute atomic E-state index is 0.0936. The zero-order chi connectivity index (χ0) is 10.7. The minimum atomic E-state index is 0.0936. The molecule has 4 nitrogen and oxygen atoms in total. The molecule has 0 bridgehead atoms. The maximum absolute atomic E-state index is 8.76. The van der Waals surface area contributed by atoms with Crippen LogP contribution in [0.1, 0.15) is 24.1 Å². The Morgan fingerprint density at radius 3 is 2.87 bits per heavy atom. The van der Waals surface area contributed by atoms with Crippen molar-refractivity contribution in [3.63, 3.8) is 0 Å². The molecule has 2 N–H and O–H groups in total. The van der Waals surface area contributed by atoms with Gasteiger partial charge in [-0.3, -0.25) is 0 Å². The number of aliphatic hydroxyl groups is 1. The Morgan fingerprint density at radius 2 is 2.07 bits per heavy atom. The highest BCUT2D eigenvalue weighted by molar-refractivity contribution is 6.28. The van der Waals surface area contributed by atoms with Crippen LogP contribution in [0.4, 0.5) is 5.82 Å². The Kier molecular flexibility index (Phi) is 3.38. The van der Waals surface area contributed by atoms with Crippen molar-refractivity contribution >= 4 is 17.4 Å². The highest BCUT2D eigenvalue weighted by Gasteiger charge is 2.16. The molecular formula is C10H14ClN3O. The predicted molar refractivity (Wildman–Crippen MR) is 59.3 cm³/mol. The number of hydrogen-bond donors (Lipinski definition) is 2. The number of aliphatic hydroxyl groups excluding tert-OH is 1. The number of fused-ring (bicyclic) bond motifs is 1. The second kappa shape index (κ2) is 4.77. The monoisotopic (exact) mass is 227 g/mol. The molecule has 0 fully saturated rings. The smallest absolute Gasteiger partial charge is 0.224 e. The number of nitrogens with zero attached hydrogens (tertiary/aromatic N) is 2. The first-order valence-electron chi connectivity index (χ1n) is 5.21. The Morgan fingerprint density at radius 1 is 1.27 bits per heavy atom. The van der Waals surface area contributed by atoms with Gasteiger partial charge in [0.15, 0.2) is 0 Å². The topological polar surface area (TPSA) is 58.0 Å². The Hall–Kier alpha value is -0.870. The summed E-state index contributed by atoms with van der Waals surface area (Å²) in [5, 5.41) is 12.1. The Bertz CT molecular complexity index is 357. The molecular weight excluding hydrogens is 214 g/mol. The van der Waals surface area contributed by atoms with E-state index in [1.807, 2.05) is 0 Å². The van der Waals surface area contributed by atoms with E-state index in [2.05, 4.69) is 15.3 Å². The van der Waals surface area contributed by atoms with Gasteiger partial charge in [0.2, 0.25) is 5.28 Å². The summed E-state index contributed by atoms with van der Waals surface area (Å²) < 4.78 is 0. The van der Waals surface area contributed by atoms with E-state index in [0.717, 1.165) is 24.4 Å². The molecule has 82 valence electrons. The van der Waals surface area contributed by atoms with E-state index < -0.39 is 0 Å². The molecule has 0 saturated heterocycles. The summed E-state index contributed by atoms with van der Waals surface area (Å²) in [6, 6.07) is 0. The van der Waals surface area contributed by atoms with Crippen molar-refractivity contribution < 1.29 is 5.11 Å². The zero-order valence-electron chi connectivity index (χ0n) is 8.46. The molecule has 0 amide bonds. The van der Waals surface area contributed by atoms with Crippen LogP contribution in [0.15, 0.2) is 0 Å². The van der Waals surface area contributed by atoms with Crippen LogP contribution in [0.25, 0.3) is 0 Å². The van der Waals surface area contributed by atoms with Crippen LogP contribution in [-0.2, 0) is 12.8 Å². The van der Waals surface area contributed by atoms with E-state index in [1.54, 1.807) is 0 Å². The molecule has 0 aromatic carbocycles. The highest BCUT2D eigenvalue weighted by Crippen LogP contribution is 2.26. The van der Waals surface area contributed by atoms with Crippen LogP contribution in [0.3, 0.4) is 0 Å². The van der Waals surface area contributed by atoms with Crippen LogP contribution in [-0.4, -0.2) is 28.2 Å². The highest BCUT2D eigenvalue weighted by atomic mass is 35.5. The third-order valence-corrected chi connectivity index (χ3v) is 2.73. The average Bonchev–Trinajstić information content (AvgIpc) is 2.25. The van der Waals surface area contributed by atoms with E-state index in [1.165, 1.54) is 18.4 Å². The van der Waals surface area contributed by atoms with Gasteiger partial charge in [0.05, 0.1) is 12.3 Å². The summed E-state index contributed by atoms with van der Waals surface area (Å²) in [5.41, 5.74) is 2.22. The van der Waals surface area contributed by atoms with Gasteiger partial charge in [-0.15, -0.1) is 0 Å². The molecule has 5 heteroatoms. The third kappa shape index (κ3) is 2.38. The molecule has 1 aromatic rings. The number of nitrogens with one attached hydrogen (secondary N) is 1. The lowest BCUT2D eigenvalue weighted by Gasteiger charge is -2.18. The second-order valence-corrected chi connectivity index (χ2v) is 3.96. The van der Waals surface area contributed by atoms with Gasteiger partial charge < -0.3 is 10.4 Å². The van der Waals surface area contributed by atoms with Gasteiger partial charge in [-0.2, -0.15) is 0 Å². The first-order chi connectivity index (χ1) is 7.31. The predicted octanol–water partition coefficient (Wildman–Crippen LogP) is 1.41. The standard InChI is InChI=1S/C10H14ClN3O/c11-10-13-8-4-2-1-3-7(8)9(14-10)12-5-6-15/h15H,1-6H2,(H,12,13,14). The third-order valence-electron chi connectivity index (χ3n) is 2.56. The van der Waals surface area contributed by atoms with Gasteiger partial charge in [-0.25, -0.2) is 9.97 Å². The van der Waals surface area contributed by atoms with Gasteiger partial charge in [-0.05, 0) is 37.3 Å². The van der Waals surface area contributed by atoms with E-state index in [-0.39, 0.29) is 11.9 Å². The Balaban J connectivity index is 2.30. The second-order valence-electron chi connectivity index (χ2n) is 3.62. The molecule has 0 unspecified atom stereocenters. The van der Waals surface area contributed by atoms with Gasteiger partial charge >= 0.3 is 0 Å². The summed E-state index contributed by atoms with van der Waals surface area (Å²) in [7, 11) is 0. The summed E-state index contributed by atoms with van der Waals surface area (Å²) in [4.78, 5) is 8.39. The molecule has 0 aliphatic heterocycles. The lowest BCUT2D eigenvalue weighted by atomic mass is 9.96. The van der Waals surface area contributed by atoms with Crippen molar-refractivity contribution in [3.8, 4) is 0 Å². The fourth-order valence-corrected chi connectivity index (χ4v) is 2.07. The zero-order valence-corrected chi connectivity index (χ0v) is 9.22. The summed E-state index contributed by atoms with van der Waals surface area (Å²) in [6.07, 6.45) is 4.32. The van der Waals surface area contributed by atoms with Crippen LogP contribution in [0, 0.1) is 0 Å². The number of hydrogen-bond acceptors (Lipinski definition) is 4. The largest absolute Gasteiger partial charge is 0.395 e. The lowest BCUT2D eigenvalue weighted by molar-refractivity contribution is 0.311. The quantitative estimate of drug-likeness (QED) is 0.767. The molecule has 1 aromatic heterocycles. The van der Waals surface area contributed by atoms with Crippen molar-refractivity contribution in [2.45, 2.75) is 25.7 Å². The first kappa shape index (κ1) is 10.6. The summed E-state index contributed by atoms with van der Waals surface area (Å²) in [5.74, 6) is 0.791. The van der Waals surface area contributed by atoms with Crippen LogP contribution < -0.4 is 5.32 Å². The van der Waals surface area contributed by atoms with E-state index in [9.17, 15) is 0 Å². The van der Waals surface area contributed by atoms with Crippen molar-refractivity contribution in [1.29, 1.82) is 0 Å². The van der Waals surface area contributed by atoms with E-state index in [4.69, 9.17) is 16.7 Å². The van der Waals surface area contributed by atoms with Crippen molar-refractivity contribution in [1.82, 2.24) is 9.97 Å². The number of anilines is 1. The molecule has 1 aliphatic carbocycles. The molecule has 15 heavy (non-hydrogen) atoms. The number of rotatable bonds is 3. The molecule has 0 spiro atoms. The van der Waals surface area contributed by atoms with Gasteiger partial charge in [0, 0.05) is 12.1 Å². The molecule has 0 atom stereocenters. The average molecular weight is 228 g/mol. The van der Waals surface area contributed by atoms with Gasteiger partial charge in [0.1, 0.15) is 5.82 Å². The van der Waals surface area contributed by atoms with Crippen molar-refractivity contribution in [2.24, 2.45) is 0 Å². The lowest BCUT2D eigenvalue weighted by Crippen LogP contribution is -2.14. The minimum Gasteiger partial charge on any atom is -0.395 e. The first-order valence-corrected chi connectivity index (χ1v) is 5.59. The van der Waals surface area contributed by atoms with E-state index >= 15 is 0 Å². The normalized spacial score (nSPS) is 14.8. The van der Waals surface area contributed by atoms with E-state index in [0.29, 0.717) is 6.54 Å². The van der Waals surface area contributed by atoms with Crippen LogP contribution >= 0.6 is 11.6 Å². The maximum atomic E-state index is 8.76. The molecule has 1 aliphatic rings. The van der Waals surface area contributed by atoms with Crippen molar-refractivity contribution in [2.75, 3.05) is 18.5 Å². The van der Waals surface area contributed by atoms with Crippen LogP contribution in [0.2, 0.25) is 5.28 Å². The van der Waals surface area contributed by atoms with Gasteiger partial charge in [-0.1, -0.05) is 0 Å². The maximum Gasteiger partial charge on any atom is 0.224 e. The summed E-state index contributed by atoms with van der Waals surface area (Å²) in [6.45, 7) is 0.593. The molecule has 0 saturated carbocycles. The van der Waals surface area contributed by atoms with Crippen LogP contribution in [0.5, 0.6) is 0 Å². The number of aromatic nitrogens is 2. The molecule has 0 radical (unpaired) electrons. The fourth-order valence-electron chi connectivity index (χ4n) is 1.88. The van der Waals surface area contributed by atoms with Crippen molar-refractivity contribution in [3.05, 3.63) is 16.5 Å². The molecule has 2 rings (SSSR count). The Labute approximate surface area is 93.7 Å². The fraction of sp³-hybridized carbons (Fsp3) is 0.600. The molecule has 1 heterocycles. The summed E-state index contributed by atoms with van der Waals surface area (Å²) >= 11 is 5.84. The van der Waals surface area contributed by atoms with Gasteiger partial charge in [0.25, 0.3) is 0 Å². The number of aryl methyl sites for hydroxylation is 1.